The van der Waals surface area contributed by atoms with E-state index >= 15 is 0 Å². The summed E-state index contributed by atoms with van der Waals surface area (Å²) < 4.78 is 0. The molecule has 2 rings (SSSR count). The molecule has 0 atom stereocenters. The summed E-state index contributed by atoms with van der Waals surface area (Å²) in [5.74, 6) is 0. The lowest BCUT2D eigenvalue weighted by Crippen LogP contribution is -2.53. The van der Waals surface area contributed by atoms with Gasteiger partial charge in [-0.05, 0) is 36.0 Å². The van der Waals surface area contributed by atoms with Gasteiger partial charge >= 0.3 is 0 Å². The maximum atomic E-state index is 4.13. The molecule has 1 aliphatic carbocycles. The fourth-order valence-corrected chi connectivity index (χ4v) is 3.32. The zero-order valence-corrected chi connectivity index (χ0v) is 11.5. The second kappa shape index (κ2) is 4.41. The molecule has 17 heavy (non-hydrogen) atoms. The van der Waals surface area contributed by atoms with Crippen LogP contribution < -0.4 is 5.32 Å². The van der Waals surface area contributed by atoms with Crippen LogP contribution in [0, 0.1) is 5.41 Å². The molecule has 1 N–H and O–H groups in total. The minimum Gasteiger partial charge on any atom is -0.314 e. The average Bonchev–Trinajstić information content (AvgIpc) is 2.24. The molecule has 1 saturated carbocycles. The van der Waals surface area contributed by atoms with E-state index in [2.05, 4.69) is 50.1 Å². The molecule has 0 aromatic carbocycles. The van der Waals surface area contributed by atoms with Gasteiger partial charge in [0.15, 0.2) is 0 Å². The second-order valence-corrected chi connectivity index (χ2v) is 6.57. The molecule has 1 aliphatic rings. The van der Waals surface area contributed by atoms with Crippen molar-refractivity contribution in [2.75, 3.05) is 6.54 Å². The van der Waals surface area contributed by atoms with Gasteiger partial charge in [0.1, 0.15) is 0 Å². The highest BCUT2D eigenvalue weighted by atomic mass is 14.9. The van der Waals surface area contributed by atoms with Crippen molar-refractivity contribution >= 4 is 0 Å². The van der Waals surface area contributed by atoms with Crippen molar-refractivity contribution in [2.24, 2.45) is 5.41 Å². The summed E-state index contributed by atoms with van der Waals surface area (Å²) >= 11 is 0. The van der Waals surface area contributed by atoms with Gasteiger partial charge < -0.3 is 5.32 Å². The van der Waals surface area contributed by atoms with Gasteiger partial charge in [0.25, 0.3) is 0 Å². The number of hydrogen-bond donors (Lipinski definition) is 1. The molecule has 94 valence electrons. The average molecular weight is 232 g/mol. The van der Waals surface area contributed by atoms with Crippen LogP contribution in [0.2, 0.25) is 0 Å². The molecule has 1 heterocycles. The monoisotopic (exact) mass is 232 g/mol. The van der Waals surface area contributed by atoms with Crippen molar-refractivity contribution in [3.05, 3.63) is 30.1 Å². The predicted octanol–water partition coefficient (Wildman–Crippen LogP) is 3.14. The highest BCUT2D eigenvalue weighted by molar-refractivity contribution is 5.29. The Bertz CT molecular complexity index is 360. The first-order valence-corrected chi connectivity index (χ1v) is 6.58. The van der Waals surface area contributed by atoms with Crippen LogP contribution in [0.3, 0.4) is 0 Å². The van der Waals surface area contributed by atoms with Gasteiger partial charge in [0, 0.05) is 30.4 Å². The molecule has 0 aliphatic heterocycles. The van der Waals surface area contributed by atoms with Gasteiger partial charge in [-0.15, -0.1) is 0 Å². The van der Waals surface area contributed by atoms with E-state index in [1.807, 2.05) is 12.4 Å². The fraction of sp³-hybridized carbons (Fsp3) is 0.667. The first-order chi connectivity index (χ1) is 7.94. The first kappa shape index (κ1) is 12.6. The van der Waals surface area contributed by atoms with E-state index in [0.29, 0.717) is 16.9 Å². The molecular formula is C15H24N2. The summed E-state index contributed by atoms with van der Waals surface area (Å²) in [5.41, 5.74) is 2.26. The zero-order chi connectivity index (χ0) is 12.5. The van der Waals surface area contributed by atoms with Crippen LogP contribution >= 0.6 is 0 Å². The van der Waals surface area contributed by atoms with Crippen molar-refractivity contribution in [3.8, 4) is 0 Å². The number of hydrogen-bond acceptors (Lipinski definition) is 2. The fourth-order valence-electron chi connectivity index (χ4n) is 3.32. The Morgan fingerprint density at radius 1 is 1.24 bits per heavy atom. The van der Waals surface area contributed by atoms with E-state index < -0.39 is 0 Å². The number of nitrogens with one attached hydrogen (secondary N) is 1. The summed E-state index contributed by atoms with van der Waals surface area (Å²) in [4.78, 5) is 4.13. The lowest BCUT2D eigenvalue weighted by molar-refractivity contribution is 0.0547. The Kier molecular flexibility index (Phi) is 3.26. The van der Waals surface area contributed by atoms with Crippen LogP contribution in [0.25, 0.3) is 0 Å². The van der Waals surface area contributed by atoms with Crippen LogP contribution in [0.15, 0.2) is 24.5 Å². The summed E-state index contributed by atoms with van der Waals surface area (Å²) in [6.45, 7) is 10.2. The Morgan fingerprint density at radius 2 is 1.82 bits per heavy atom. The molecule has 1 fully saturated rings. The minimum absolute atomic E-state index is 0.330. The molecule has 2 heteroatoms. The summed E-state index contributed by atoms with van der Waals surface area (Å²) in [7, 11) is 0. The van der Waals surface area contributed by atoms with Gasteiger partial charge in [-0.2, -0.15) is 0 Å². The van der Waals surface area contributed by atoms with Crippen molar-refractivity contribution in [1.82, 2.24) is 10.3 Å². The number of pyridine rings is 1. The molecule has 2 nitrogen and oxygen atoms in total. The van der Waals surface area contributed by atoms with Crippen LogP contribution in [0.5, 0.6) is 0 Å². The topological polar surface area (TPSA) is 24.9 Å². The lowest BCUT2D eigenvalue weighted by atomic mass is 9.52. The molecule has 0 saturated heterocycles. The number of aromatic nitrogens is 1. The Hall–Kier alpha value is -0.890. The van der Waals surface area contributed by atoms with E-state index in [4.69, 9.17) is 0 Å². The molecule has 1 aromatic heterocycles. The minimum atomic E-state index is 0.330. The van der Waals surface area contributed by atoms with Crippen LogP contribution in [-0.4, -0.2) is 17.6 Å². The van der Waals surface area contributed by atoms with Gasteiger partial charge in [0.05, 0.1) is 0 Å². The third kappa shape index (κ3) is 2.68. The smallest absolute Gasteiger partial charge is 0.0270 e. The third-order valence-electron chi connectivity index (χ3n) is 3.78. The molecule has 0 unspecified atom stereocenters. The Labute approximate surface area is 105 Å². The van der Waals surface area contributed by atoms with Crippen LogP contribution in [-0.2, 0) is 5.41 Å². The van der Waals surface area contributed by atoms with Crippen molar-refractivity contribution in [1.29, 1.82) is 0 Å². The second-order valence-electron chi connectivity index (χ2n) is 6.57. The highest BCUT2D eigenvalue weighted by Gasteiger charge is 2.49. The lowest BCUT2D eigenvalue weighted by Gasteiger charge is -2.54. The Morgan fingerprint density at radius 3 is 2.29 bits per heavy atom. The largest absolute Gasteiger partial charge is 0.314 e. The van der Waals surface area contributed by atoms with Crippen molar-refractivity contribution in [2.45, 2.75) is 52.0 Å². The van der Waals surface area contributed by atoms with E-state index in [9.17, 15) is 0 Å². The normalized spacial score (nSPS) is 21.2. The Balaban J connectivity index is 2.15. The highest BCUT2D eigenvalue weighted by Crippen LogP contribution is 2.54. The molecule has 0 bridgehead atoms. The van der Waals surface area contributed by atoms with E-state index in [1.165, 1.54) is 18.4 Å². The van der Waals surface area contributed by atoms with E-state index in [0.717, 1.165) is 6.54 Å². The van der Waals surface area contributed by atoms with E-state index in [1.54, 1.807) is 0 Å². The molecule has 1 aromatic rings. The number of nitrogens with zero attached hydrogens (tertiary/aromatic N) is 1. The zero-order valence-electron chi connectivity index (χ0n) is 11.5. The molecule has 0 amide bonds. The maximum absolute atomic E-state index is 4.13. The summed E-state index contributed by atoms with van der Waals surface area (Å²) in [6, 6.07) is 4.91. The molecular weight excluding hydrogens is 208 g/mol. The quantitative estimate of drug-likeness (QED) is 0.862. The first-order valence-electron chi connectivity index (χ1n) is 6.58. The third-order valence-corrected chi connectivity index (χ3v) is 3.78. The maximum Gasteiger partial charge on any atom is 0.0270 e. The van der Waals surface area contributed by atoms with Gasteiger partial charge in [-0.3, -0.25) is 4.98 Å². The van der Waals surface area contributed by atoms with Gasteiger partial charge in [-0.25, -0.2) is 0 Å². The standard InChI is InChI=1S/C15H24N2/c1-12(2)17-11-15(9-14(3,4)10-15)13-5-7-16-8-6-13/h5-8,12,17H,9-11H2,1-4H3. The predicted molar refractivity (Wildman–Crippen MR) is 72.1 cm³/mol. The van der Waals surface area contributed by atoms with Crippen LogP contribution in [0.4, 0.5) is 0 Å². The summed E-state index contributed by atoms with van der Waals surface area (Å²) in [5, 5.41) is 3.60. The molecule has 0 radical (unpaired) electrons. The van der Waals surface area contributed by atoms with Crippen LogP contribution in [0.1, 0.15) is 46.1 Å². The number of rotatable bonds is 4. The van der Waals surface area contributed by atoms with Crippen molar-refractivity contribution < 1.29 is 0 Å². The van der Waals surface area contributed by atoms with Crippen molar-refractivity contribution in [3.63, 3.8) is 0 Å². The molecule has 0 spiro atoms. The van der Waals surface area contributed by atoms with Gasteiger partial charge in [-0.1, -0.05) is 27.7 Å². The van der Waals surface area contributed by atoms with Gasteiger partial charge in [0.2, 0.25) is 0 Å². The summed E-state index contributed by atoms with van der Waals surface area (Å²) in [6.07, 6.45) is 6.36. The van der Waals surface area contributed by atoms with E-state index in [-0.39, 0.29) is 0 Å². The SMILES string of the molecule is CC(C)NCC1(c2ccncc2)CC(C)(C)C1.